The molecule has 0 atom stereocenters. The Kier molecular flexibility index (Phi) is 4.74. The molecule has 110 valence electrons. The average Bonchev–Trinajstić information content (AvgIpc) is 2.37. The van der Waals surface area contributed by atoms with Gasteiger partial charge in [0.25, 0.3) is 0 Å². The van der Waals surface area contributed by atoms with Crippen molar-refractivity contribution in [3.63, 3.8) is 0 Å². The van der Waals surface area contributed by atoms with Crippen molar-refractivity contribution in [3.8, 4) is 0 Å². The van der Waals surface area contributed by atoms with Gasteiger partial charge in [-0.25, -0.2) is 9.59 Å². The summed E-state index contributed by atoms with van der Waals surface area (Å²) in [6.07, 6.45) is -4.38. The van der Waals surface area contributed by atoms with Crippen molar-refractivity contribution < 1.29 is 36.3 Å². The molecule has 0 aliphatic rings. The number of carbonyl (C=O) groups is 2. The molecule has 20 heavy (non-hydrogen) atoms. The molecule has 0 unspecified atom stereocenters. The lowest BCUT2D eigenvalue weighted by molar-refractivity contribution is -0.277. The Hall–Kier alpha value is -1.64. The van der Waals surface area contributed by atoms with Crippen LogP contribution in [0.5, 0.6) is 0 Å². The van der Waals surface area contributed by atoms with Gasteiger partial charge in [-0.2, -0.15) is 22.0 Å². The van der Waals surface area contributed by atoms with Gasteiger partial charge in [0.05, 0.1) is 5.56 Å². The summed E-state index contributed by atoms with van der Waals surface area (Å²) < 4.78 is 64.3. The SMILES string of the molecule is CSc1ccc(C(=O)OC(=O)C(F)(F)C(F)(F)F)cc1. The van der Waals surface area contributed by atoms with Crippen molar-refractivity contribution in [2.75, 3.05) is 6.26 Å². The van der Waals surface area contributed by atoms with Crippen LogP contribution in [0.1, 0.15) is 10.4 Å². The fraction of sp³-hybridized carbons (Fsp3) is 0.273. The molecule has 0 radical (unpaired) electrons. The van der Waals surface area contributed by atoms with Crippen LogP contribution in [0.25, 0.3) is 0 Å². The number of alkyl halides is 5. The summed E-state index contributed by atoms with van der Waals surface area (Å²) >= 11 is 1.32. The zero-order valence-corrected chi connectivity index (χ0v) is 10.6. The normalized spacial score (nSPS) is 12.1. The van der Waals surface area contributed by atoms with Gasteiger partial charge in [0.1, 0.15) is 0 Å². The molecular formula is C11H7F5O3S. The minimum atomic E-state index is -6.12. The van der Waals surface area contributed by atoms with E-state index in [0.717, 1.165) is 17.0 Å². The van der Waals surface area contributed by atoms with Crippen LogP contribution in [0, 0.1) is 0 Å². The minimum absolute atomic E-state index is 0.311. The highest BCUT2D eigenvalue weighted by molar-refractivity contribution is 7.98. The Morgan fingerprint density at radius 3 is 1.95 bits per heavy atom. The van der Waals surface area contributed by atoms with Crippen LogP contribution in [0.15, 0.2) is 29.2 Å². The van der Waals surface area contributed by atoms with E-state index in [4.69, 9.17) is 0 Å². The van der Waals surface area contributed by atoms with Crippen LogP contribution < -0.4 is 0 Å². The maximum atomic E-state index is 12.6. The van der Waals surface area contributed by atoms with Crippen molar-refractivity contribution in [1.82, 2.24) is 0 Å². The van der Waals surface area contributed by atoms with E-state index in [1.54, 1.807) is 6.26 Å². The number of esters is 2. The van der Waals surface area contributed by atoms with Crippen LogP contribution in [-0.2, 0) is 9.53 Å². The first-order chi connectivity index (χ1) is 9.09. The van der Waals surface area contributed by atoms with Crippen LogP contribution >= 0.6 is 11.8 Å². The van der Waals surface area contributed by atoms with Crippen LogP contribution in [-0.4, -0.2) is 30.3 Å². The Morgan fingerprint density at radius 2 is 1.55 bits per heavy atom. The molecule has 1 aromatic carbocycles. The molecular weight excluding hydrogens is 307 g/mol. The molecule has 0 fully saturated rings. The lowest BCUT2D eigenvalue weighted by Gasteiger charge is -2.16. The third kappa shape index (κ3) is 3.47. The zero-order valence-electron chi connectivity index (χ0n) is 9.83. The van der Waals surface area contributed by atoms with E-state index in [0.29, 0.717) is 0 Å². The summed E-state index contributed by atoms with van der Waals surface area (Å²) in [6, 6.07) is 5.14. The molecule has 0 spiro atoms. The largest absolute Gasteiger partial charge is 0.465 e. The predicted octanol–water partition coefficient (Wildman–Crippen LogP) is 3.29. The fourth-order valence-electron chi connectivity index (χ4n) is 1.05. The van der Waals surface area contributed by atoms with Gasteiger partial charge in [0.2, 0.25) is 0 Å². The highest BCUT2D eigenvalue weighted by atomic mass is 32.2. The number of rotatable bonds is 3. The Bertz CT molecular complexity index is 510. The van der Waals surface area contributed by atoms with Crippen LogP contribution in [0.4, 0.5) is 22.0 Å². The topological polar surface area (TPSA) is 43.4 Å². The van der Waals surface area contributed by atoms with E-state index in [9.17, 15) is 31.5 Å². The number of benzene rings is 1. The van der Waals surface area contributed by atoms with Gasteiger partial charge in [-0.05, 0) is 30.5 Å². The second-order valence-corrected chi connectivity index (χ2v) is 4.36. The second-order valence-electron chi connectivity index (χ2n) is 3.48. The summed E-state index contributed by atoms with van der Waals surface area (Å²) in [7, 11) is 0. The number of hydrogen-bond acceptors (Lipinski definition) is 4. The lowest BCUT2D eigenvalue weighted by Crippen LogP contribution is -2.45. The number of ether oxygens (including phenoxy) is 1. The monoisotopic (exact) mass is 314 g/mol. The molecule has 0 amide bonds. The highest BCUT2D eigenvalue weighted by Crippen LogP contribution is 2.36. The van der Waals surface area contributed by atoms with Gasteiger partial charge in [-0.3, -0.25) is 0 Å². The number of hydrogen-bond donors (Lipinski definition) is 0. The maximum Gasteiger partial charge on any atom is 0.465 e. The second kappa shape index (κ2) is 5.78. The first-order valence-electron chi connectivity index (χ1n) is 4.95. The quantitative estimate of drug-likeness (QED) is 0.372. The molecule has 0 N–H and O–H groups in total. The van der Waals surface area contributed by atoms with E-state index in [1.807, 2.05) is 0 Å². The van der Waals surface area contributed by atoms with Crippen molar-refractivity contribution in [1.29, 1.82) is 0 Å². The average molecular weight is 314 g/mol. The van der Waals surface area contributed by atoms with Gasteiger partial charge in [0.15, 0.2) is 0 Å². The summed E-state index contributed by atoms with van der Waals surface area (Å²) in [6.45, 7) is 0. The molecule has 0 heterocycles. The molecule has 0 saturated heterocycles. The van der Waals surface area contributed by atoms with Crippen LogP contribution in [0.3, 0.4) is 0 Å². The summed E-state index contributed by atoms with van der Waals surface area (Å²) in [4.78, 5) is 22.7. The summed E-state index contributed by atoms with van der Waals surface area (Å²) in [5.41, 5.74) is -0.311. The van der Waals surface area contributed by atoms with Gasteiger partial charge < -0.3 is 4.74 Å². The van der Waals surface area contributed by atoms with Crippen molar-refractivity contribution in [2.24, 2.45) is 0 Å². The predicted molar refractivity (Wildman–Crippen MR) is 59.6 cm³/mol. The first kappa shape index (κ1) is 16.4. The van der Waals surface area contributed by atoms with Crippen molar-refractivity contribution in [2.45, 2.75) is 17.0 Å². The van der Waals surface area contributed by atoms with Gasteiger partial charge in [-0.15, -0.1) is 11.8 Å². The standard InChI is InChI=1S/C11H7F5O3S/c1-20-7-4-2-6(3-5-7)8(17)19-9(18)10(12,13)11(14,15)16/h2-5H,1H3. The van der Waals surface area contributed by atoms with Crippen LogP contribution in [0.2, 0.25) is 0 Å². The fourth-order valence-corrected chi connectivity index (χ4v) is 1.46. The third-order valence-electron chi connectivity index (χ3n) is 2.12. The first-order valence-corrected chi connectivity index (χ1v) is 6.17. The zero-order chi connectivity index (χ0) is 15.6. The summed E-state index contributed by atoms with van der Waals surface area (Å²) in [5.74, 6) is -10.3. The maximum absolute atomic E-state index is 12.6. The molecule has 1 aromatic rings. The van der Waals surface area contributed by atoms with Crippen molar-refractivity contribution in [3.05, 3.63) is 29.8 Å². The van der Waals surface area contributed by atoms with Gasteiger partial charge in [0, 0.05) is 4.90 Å². The molecule has 0 bridgehead atoms. The number of carbonyl (C=O) groups excluding carboxylic acids is 2. The Morgan fingerprint density at radius 1 is 1.05 bits per heavy atom. The van der Waals surface area contributed by atoms with Gasteiger partial charge in [-0.1, -0.05) is 0 Å². The summed E-state index contributed by atoms with van der Waals surface area (Å²) in [5, 5.41) is 0. The lowest BCUT2D eigenvalue weighted by atomic mass is 10.2. The van der Waals surface area contributed by atoms with E-state index in [2.05, 4.69) is 4.74 Å². The Balaban J connectivity index is 2.82. The van der Waals surface area contributed by atoms with Gasteiger partial charge >= 0.3 is 24.0 Å². The molecule has 0 aliphatic heterocycles. The van der Waals surface area contributed by atoms with Crippen molar-refractivity contribution >= 4 is 23.7 Å². The molecule has 0 aliphatic carbocycles. The smallest absolute Gasteiger partial charge is 0.385 e. The minimum Gasteiger partial charge on any atom is -0.385 e. The molecule has 0 aromatic heterocycles. The molecule has 0 saturated carbocycles. The molecule has 9 heteroatoms. The van der Waals surface area contributed by atoms with E-state index in [1.165, 1.54) is 23.9 Å². The van der Waals surface area contributed by atoms with E-state index >= 15 is 0 Å². The number of thioether (sulfide) groups is 1. The third-order valence-corrected chi connectivity index (χ3v) is 2.87. The Labute approximate surface area is 114 Å². The molecule has 3 nitrogen and oxygen atoms in total. The molecule has 1 rings (SSSR count). The van der Waals surface area contributed by atoms with E-state index in [-0.39, 0.29) is 5.56 Å². The highest BCUT2D eigenvalue weighted by Gasteiger charge is 2.65. The van der Waals surface area contributed by atoms with E-state index < -0.39 is 24.0 Å². The number of halogens is 5.